The van der Waals surface area contributed by atoms with Gasteiger partial charge in [-0.3, -0.25) is 4.79 Å². The summed E-state index contributed by atoms with van der Waals surface area (Å²) in [5.41, 5.74) is 4.38. The quantitative estimate of drug-likeness (QED) is 0.914. The molecule has 0 aliphatic carbocycles. The fraction of sp³-hybridized carbons (Fsp3) is 0.278. The number of amides is 1. The molecule has 0 spiro atoms. The van der Waals surface area contributed by atoms with Gasteiger partial charge in [0.1, 0.15) is 5.75 Å². The Labute approximate surface area is 126 Å². The van der Waals surface area contributed by atoms with Crippen LogP contribution in [-0.4, -0.2) is 12.5 Å². The van der Waals surface area contributed by atoms with E-state index in [9.17, 15) is 4.79 Å². The van der Waals surface area contributed by atoms with Crippen LogP contribution in [0.5, 0.6) is 5.75 Å². The van der Waals surface area contributed by atoms with Gasteiger partial charge >= 0.3 is 0 Å². The topological polar surface area (TPSA) is 38.3 Å². The van der Waals surface area contributed by atoms with Crippen molar-refractivity contribution in [1.82, 2.24) is 5.32 Å². The molecule has 2 aromatic carbocycles. The van der Waals surface area contributed by atoms with Gasteiger partial charge in [0.15, 0.2) is 6.61 Å². The fourth-order valence-electron chi connectivity index (χ4n) is 2.12. The summed E-state index contributed by atoms with van der Waals surface area (Å²) < 4.78 is 5.62. The molecule has 0 atom stereocenters. The second-order valence-electron chi connectivity index (χ2n) is 5.27. The van der Waals surface area contributed by atoms with E-state index >= 15 is 0 Å². The molecule has 0 radical (unpaired) electrons. The fourth-order valence-corrected chi connectivity index (χ4v) is 2.12. The van der Waals surface area contributed by atoms with E-state index in [-0.39, 0.29) is 12.5 Å². The van der Waals surface area contributed by atoms with E-state index in [0.29, 0.717) is 6.54 Å². The molecule has 3 heteroatoms. The number of benzene rings is 2. The van der Waals surface area contributed by atoms with Crippen molar-refractivity contribution in [2.24, 2.45) is 0 Å². The Balaban J connectivity index is 1.84. The zero-order valence-electron chi connectivity index (χ0n) is 12.8. The Morgan fingerprint density at radius 2 is 1.62 bits per heavy atom. The first-order valence-electron chi connectivity index (χ1n) is 7.07. The van der Waals surface area contributed by atoms with E-state index in [1.165, 1.54) is 5.56 Å². The molecule has 0 aliphatic rings. The Morgan fingerprint density at radius 3 is 2.24 bits per heavy atom. The van der Waals surface area contributed by atoms with Gasteiger partial charge in [-0.05, 0) is 37.5 Å². The van der Waals surface area contributed by atoms with Crippen LogP contribution in [0.4, 0.5) is 0 Å². The Morgan fingerprint density at radius 1 is 1.00 bits per heavy atom. The lowest BCUT2D eigenvalue weighted by Gasteiger charge is -2.12. The number of rotatable bonds is 5. The highest BCUT2D eigenvalue weighted by Crippen LogP contribution is 2.21. The predicted molar refractivity (Wildman–Crippen MR) is 84.4 cm³/mol. The van der Waals surface area contributed by atoms with Crippen LogP contribution >= 0.6 is 0 Å². The molecule has 2 aromatic rings. The smallest absolute Gasteiger partial charge is 0.258 e. The van der Waals surface area contributed by atoms with E-state index in [2.05, 4.69) is 5.32 Å². The third kappa shape index (κ3) is 4.35. The first-order valence-corrected chi connectivity index (χ1v) is 7.07. The maximum atomic E-state index is 11.8. The van der Waals surface area contributed by atoms with Crippen molar-refractivity contribution in [2.45, 2.75) is 27.3 Å². The molecule has 0 bridgehead atoms. The maximum Gasteiger partial charge on any atom is 0.258 e. The van der Waals surface area contributed by atoms with Crippen LogP contribution in [0.25, 0.3) is 0 Å². The van der Waals surface area contributed by atoms with E-state index in [4.69, 9.17) is 4.74 Å². The number of carbonyl (C=O) groups is 1. The van der Waals surface area contributed by atoms with Crippen molar-refractivity contribution < 1.29 is 9.53 Å². The van der Waals surface area contributed by atoms with Crippen molar-refractivity contribution in [3.63, 3.8) is 0 Å². The highest BCUT2D eigenvalue weighted by molar-refractivity contribution is 5.77. The monoisotopic (exact) mass is 283 g/mol. The summed E-state index contributed by atoms with van der Waals surface area (Å²) in [6, 6.07) is 14.0. The summed E-state index contributed by atoms with van der Waals surface area (Å²) >= 11 is 0. The van der Waals surface area contributed by atoms with Crippen molar-refractivity contribution in [1.29, 1.82) is 0 Å². The molecular formula is C18H21NO2. The molecule has 0 saturated heterocycles. The van der Waals surface area contributed by atoms with Gasteiger partial charge in [-0.1, -0.05) is 48.0 Å². The summed E-state index contributed by atoms with van der Waals surface area (Å²) in [6.45, 7) is 6.56. The number of para-hydroxylation sites is 1. The van der Waals surface area contributed by atoms with Gasteiger partial charge in [-0.15, -0.1) is 0 Å². The second-order valence-corrected chi connectivity index (χ2v) is 5.27. The largest absolute Gasteiger partial charge is 0.483 e. The van der Waals surface area contributed by atoms with Gasteiger partial charge in [0.05, 0.1) is 0 Å². The molecule has 2 rings (SSSR count). The summed E-state index contributed by atoms with van der Waals surface area (Å²) in [5.74, 6) is 0.682. The van der Waals surface area contributed by atoms with E-state index in [1.54, 1.807) is 0 Å². The lowest BCUT2D eigenvalue weighted by molar-refractivity contribution is -0.123. The molecule has 1 amide bonds. The first kappa shape index (κ1) is 15.1. The molecule has 110 valence electrons. The average molecular weight is 283 g/mol. The van der Waals surface area contributed by atoms with Gasteiger partial charge in [0.2, 0.25) is 0 Å². The van der Waals surface area contributed by atoms with Crippen molar-refractivity contribution in [3.8, 4) is 5.75 Å². The zero-order valence-corrected chi connectivity index (χ0v) is 12.8. The third-order valence-electron chi connectivity index (χ3n) is 3.37. The van der Waals surface area contributed by atoms with Gasteiger partial charge < -0.3 is 10.1 Å². The predicted octanol–water partition coefficient (Wildman–Crippen LogP) is 3.31. The standard InChI is InChI=1S/C18H21NO2/c1-13-7-9-16(10-8-13)11-19-17(20)12-21-18-14(2)5-4-6-15(18)3/h4-10H,11-12H2,1-3H3,(H,19,20). The normalized spacial score (nSPS) is 10.2. The van der Waals surface area contributed by atoms with Crippen molar-refractivity contribution in [2.75, 3.05) is 6.61 Å². The first-order chi connectivity index (χ1) is 10.1. The number of aryl methyl sites for hydroxylation is 3. The number of nitrogens with one attached hydrogen (secondary N) is 1. The SMILES string of the molecule is Cc1ccc(CNC(=O)COc2c(C)cccc2C)cc1. The van der Waals surface area contributed by atoms with Crippen LogP contribution in [0.1, 0.15) is 22.3 Å². The summed E-state index contributed by atoms with van der Waals surface area (Å²) in [4.78, 5) is 11.8. The highest BCUT2D eigenvalue weighted by atomic mass is 16.5. The second kappa shape index (κ2) is 6.93. The number of hydrogen-bond donors (Lipinski definition) is 1. The Kier molecular flexibility index (Phi) is 4.99. The van der Waals surface area contributed by atoms with Crippen molar-refractivity contribution in [3.05, 3.63) is 64.7 Å². The van der Waals surface area contributed by atoms with Crippen LogP contribution in [0, 0.1) is 20.8 Å². The molecule has 1 N–H and O–H groups in total. The molecule has 3 nitrogen and oxygen atoms in total. The van der Waals surface area contributed by atoms with E-state index in [1.807, 2.05) is 63.2 Å². The molecule has 0 saturated carbocycles. The van der Waals surface area contributed by atoms with Gasteiger partial charge in [0.25, 0.3) is 5.91 Å². The highest BCUT2D eigenvalue weighted by Gasteiger charge is 2.07. The molecule has 0 aliphatic heterocycles. The van der Waals surface area contributed by atoms with E-state index in [0.717, 1.165) is 22.4 Å². The summed E-state index contributed by atoms with van der Waals surface area (Å²) in [7, 11) is 0. The third-order valence-corrected chi connectivity index (χ3v) is 3.37. The Hall–Kier alpha value is -2.29. The molecule has 0 aromatic heterocycles. The minimum Gasteiger partial charge on any atom is -0.483 e. The lowest BCUT2D eigenvalue weighted by atomic mass is 10.1. The van der Waals surface area contributed by atoms with Crippen LogP contribution in [-0.2, 0) is 11.3 Å². The van der Waals surface area contributed by atoms with Gasteiger partial charge in [-0.2, -0.15) is 0 Å². The molecule has 0 heterocycles. The lowest BCUT2D eigenvalue weighted by Crippen LogP contribution is -2.28. The van der Waals surface area contributed by atoms with Crippen molar-refractivity contribution >= 4 is 5.91 Å². The number of carbonyl (C=O) groups excluding carboxylic acids is 1. The van der Waals surface area contributed by atoms with E-state index < -0.39 is 0 Å². The van der Waals surface area contributed by atoms with Crippen LogP contribution in [0.2, 0.25) is 0 Å². The maximum absolute atomic E-state index is 11.8. The number of hydrogen-bond acceptors (Lipinski definition) is 2. The van der Waals surface area contributed by atoms with Gasteiger partial charge in [-0.25, -0.2) is 0 Å². The van der Waals surface area contributed by atoms with Crippen LogP contribution in [0.15, 0.2) is 42.5 Å². The number of ether oxygens (including phenoxy) is 1. The minimum absolute atomic E-state index is 0.0392. The minimum atomic E-state index is -0.113. The molecule has 21 heavy (non-hydrogen) atoms. The molecule has 0 unspecified atom stereocenters. The summed E-state index contributed by atoms with van der Waals surface area (Å²) in [5, 5.41) is 2.86. The summed E-state index contributed by atoms with van der Waals surface area (Å²) in [6.07, 6.45) is 0. The molecule has 0 fully saturated rings. The van der Waals surface area contributed by atoms with Crippen LogP contribution in [0.3, 0.4) is 0 Å². The zero-order chi connectivity index (χ0) is 15.2. The average Bonchev–Trinajstić information content (AvgIpc) is 2.46. The van der Waals surface area contributed by atoms with Gasteiger partial charge in [0, 0.05) is 6.54 Å². The molecular weight excluding hydrogens is 262 g/mol. The Bertz CT molecular complexity index is 597. The van der Waals surface area contributed by atoms with Crippen LogP contribution < -0.4 is 10.1 Å².